The molecule has 11 heteroatoms. The normalized spacial score (nSPS) is 16.9. The third-order valence-corrected chi connectivity index (χ3v) is 4.07. The third-order valence-electron chi connectivity index (χ3n) is 4.07. The topological polar surface area (TPSA) is 68.2 Å². The Morgan fingerprint density at radius 3 is 2.82 bits per heavy atom. The summed E-state index contributed by atoms with van der Waals surface area (Å²) in [7, 11) is 0. The van der Waals surface area contributed by atoms with E-state index in [9.17, 15) is 22.4 Å². The number of hydrogen-bond acceptors (Lipinski definition) is 4. The van der Waals surface area contributed by atoms with Gasteiger partial charge in [-0.3, -0.25) is 9.48 Å². The number of benzene rings is 1. The number of aromatic nitrogens is 2. The first kappa shape index (κ1) is 22.0. The summed E-state index contributed by atoms with van der Waals surface area (Å²) >= 11 is 0. The van der Waals surface area contributed by atoms with E-state index in [1.54, 1.807) is 10.9 Å². The molecule has 0 saturated carbocycles. The summed E-state index contributed by atoms with van der Waals surface area (Å²) in [6.07, 6.45) is -0.966. The van der Waals surface area contributed by atoms with Crippen molar-refractivity contribution in [3.63, 3.8) is 0 Å². The summed E-state index contributed by atoms with van der Waals surface area (Å²) in [4.78, 5) is 12.4. The van der Waals surface area contributed by atoms with Crippen LogP contribution in [0, 0.1) is 5.82 Å². The van der Waals surface area contributed by atoms with Gasteiger partial charge in [-0.2, -0.15) is 18.3 Å². The van der Waals surface area contributed by atoms with Gasteiger partial charge in [0.05, 0.1) is 11.7 Å². The van der Waals surface area contributed by atoms with E-state index in [0.29, 0.717) is 0 Å². The minimum absolute atomic E-state index is 0. The van der Waals surface area contributed by atoms with Crippen LogP contribution >= 0.6 is 12.4 Å². The standard InChI is InChI=1S/C17H18F4N4O2.ClH/c18-11-3-4-15(27-10-17(19,20)21)14(8-11)23-16(26)13-5-7-25(24-13)12-2-1-6-22-9-12;/h3-5,7-8,12,22H,1-2,6,9-10H2,(H,23,26);1H. The predicted molar refractivity (Wildman–Crippen MR) is 96.5 cm³/mol. The van der Waals surface area contributed by atoms with Crippen LogP contribution in [0.4, 0.5) is 23.2 Å². The molecule has 1 aliphatic rings. The quantitative estimate of drug-likeness (QED) is 0.723. The van der Waals surface area contributed by atoms with Gasteiger partial charge in [0.2, 0.25) is 0 Å². The number of nitrogens with zero attached hydrogens (tertiary/aromatic N) is 2. The molecule has 154 valence electrons. The van der Waals surface area contributed by atoms with Gasteiger partial charge in [-0.25, -0.2) is 4.39 Å². The van der Waals surface area contributed by atoms with Gasteiger partial charge in [0.15, 0.2) is 12.3 Å². The lowest BCUT2D eigenvalue weighted by molar-refractivity contribution is -0.153. The summed E-state index contributed by atoms with van der Waals surface area (Å²) in [5.74, 6) is -1.67. The molecular formula is C17H19ClF4N4O2. The fourth-order valence-corrected chi connectivity index (χ4v) is 2.79. The highest BCUT2D eigenvalue weighted by Crippen LogP contribution is 2.28. The Morgan fingerprint density at radius 1 is 1.36 bits per heavy atom. The zero-order chi connectivity index (χ0) is 19.4. The zero-order valence-electron chi connectivity index (χ0n) is 14.6. The molecule has 1 amide bonds. The van der Waals surface area contributed by atoms with Crippen molar-refractivity contribution in [2.45, 2.75) is 25.1 Å². The summed E-state index contributed by atoms with van der Waals surface area (Å²) in [6, 6.07) is 4.50. The minimum atomic E-state index is -4.55. The number of nitrogens with one attached hydrogen (secondary N) is 2. The molecule has 2 N–H and O–H groups in total. The lowest BCUT2D eigenvalue weighted by Gasteiger charge is -2.22. The molecule has 1 unspecified atom stereocenters. The number of carbonyl (C=O) groups is 1. The molecule has 28 heavy (non-hydrogen) atoms. The van der Waals surface area contributed by atoms with Crippen LogP contribution in [0.25, 0.3) is 0 Å². The maximum absolute atomic E-state index is 13.5. The molecule has 1 atom stereocenters. The van der Waals surface area contributed by atoms with E-state index in [4.69, 9.17) is 0 Å². The van der Waals surface area contributed by atoms with Crippen LogP contribution in [0.1, 0.15) is 29.4 Å². The Balaban J connectivity index is 0.00000280. The van der Waals surface area contributed by atoms with Crippen molar-refractivity contribution in [3.05, 3.63) is 42.0 Å². The van der Waals surface area contributed by atoms with E-state index < -0.39 is 24.5 Å². The largest absolute Gasteiger partial charge is 0.482 e. The maximum Gasteiger partial charge on any atom is 0.422 e. The molecule has 1 aromatic carbocycles. The maximum atomic E-state index is 13.5. The smallest absolute Gasteiger partial charge is 0.422 e. The number of anilines is 1. The van der Waals surface area contributed by atoms with Crippen molar-refractivity contribution in [2.75, 3.05) is 25.0 Å². The van der Waals surface area contributed by atoms with Crippen molar-refractivity contribution in [3.8, 4) is 5.75 Å². The second-order valence-corrected chi connectivity index (χ2v) is 6.18. The van der Waals surface area contributed by atoms with Crippen molar-refractivity contribution >= 4 is 24.0 Å². The fraction of sp³-hybridized carbons (Fsp3) is 0.412. The van der Waals surface area contributed by atoms with Crippen molar-refractivity contribution in [1.29, 1.82) is 0 Å². The van der Waals surface area contributed by atoms with Gasteiger partial charge in [-0.15, -0.1) is 12.4 Å². The molecule has 1 saturated heterocycles. The number of ether oxygens (including phenoxy) is 1. The molecule has 1 aromatic heterocycles. The first-order valence-corrected chi connectivity index (χ1v) is 8.38. The molecule has 0 radical (unpaired) electrons. The molecule has 6 nitrogen and oxygen atoms in total. The summed E-state index contributed by atoms with van der Waals surface area (Å²) in [5.41, 5.74) is -0.121. The zero-order valence-corrected chi connectivity index (χ0v) is 15.4. The average Bonchev–Trinajstić information content (AvgIpc) is 3.11. The van der Waals surface area contributed by atoms with E-state index >= 15 is 0 Å². The van der Waals surface area contributed by atoms with Gasteiger partial charge in [-0.1, -0.05) is 0 Å². The Morgan fingerprint density at radius 2 is 2.14 bits per heavy atom. The molecule has 0 bridgehead atoms. The Kier molecular flexibility index (Phi) is 7.25. The lowest BCUT2D eigenvalue weighted by atomic mass is 10.1. The number of halogens is 5. The fourth-order valence-electron chi connectivity index (χ4n) is 2.79. The van der Waals surface area contributed by atoms with E-state index in [1.165, 1.54) is 6.07 Å². The summed E-state index contributed by atoms with van der Waals surface area (Å²) in [5, 5.41) is 9.81. The van der Waals surface area contributed by atoms with Crippen LogP contribution in [0.2, 0.25) is 0 Å². The molecular weight excluding hydrogens is 404 g/mol. The number of amides is 1. The molecule has 2 aromatic rings. The van der Waals surface area contributed by atoms with Gasteiger partial charge >= 0.3 is 6.18 Å². The van der Waals surface area contributed by atoms with Crippen molar-refractivity contribution in [1.82, 2.24) is 15.1 Å². The van der Waals surface area contributed by atoms with Gasteiger partial charge < -0.3 is 15.4 Å². The number of hydrogen-bond donors (Lipinski definition) is 2. The SMILES string of the molecule is Cl.O=C(Nc1cc(F)ccc1OCC(F)(F)F)c1ccn(C2CCCNC2)n1. The number of piperidine rings is 1. The Bertz CT molecular complexity index is 807. The Hall–Kier alpha value is -2.33. The van der Waals surface area contributed by atoms with Gasteiger partial charge in [0, 0.05) is 18.8 Å². The Labute approximate surface area is 164 Å². The van der Waals surface area contributed by atoms with E-state index in [2.05, 4.69) is 20.5 Å². The second-order valence-electron chi connectivity index (χ2n) is 6.18. The van der Waals surface area contributed by atoms with Gasteiger partial charge in [0.25, 0.3) is 5.91 Å². The van der Waals surface area contributed by atoms with E-state index in [-0.39, 0.29) is 35.6 Å². The van der Waals surface area contributed by atoms with Crippen LogP contribution in [0.5, 0.6) is 5.75 Å². The van der Waals surface area contributed by atoms with Gasteiger partial charge in [0.1, 0.15) is 11.6 Å². The molecule has 2 heterocycles. The van der Waals surface area contributed by atoms with Crippen LogP contribution in [0.3, 0.4) is 0 Å². The molecule has 1 fully saturated rings. The first-order chi connectivity index (χ1) is 12.8. The molecule has 1 aliphatic heterocycles. The number of alkyl halides is 3. The summed E-state index contributed by atoms with van der Waals surface area (Å²) < 4.78 is 56.9. The summed E-state index contributed by atoms with van der Waals surface area (Å²) in [6.45, 7) is 0.123. The van der Waals surface area contributed by atoms with E-state index in [1.807, 2.05) is 0 Å². The highest BCUT2D eigenvalue weighted by Gasteiger charge is 2.29. The van der Waals surface area contributed by atoms with Crippen LogP contribution in [0.15, 0.2) is 30.5 Å². The van der Waals surface area contributed by atoms with Crippen molar-refractivity contribution < 1.29 is 27.1 Å². The average molecular weight is 423 g/mol. The molecule has 0 aliphatic carbocycles. The third kappa shape index (κ3) is 5.83. The predicted octanol–water partition coefficient (Wildman–Crippen LogP) is 3.56. The highest BCUT2D eigenvalue weighted by atomic mass is 35.5. The second kappa shape index (κ2) is 9.24. The van der Waals surface area contributed by atoms with Gasteiger partial charge in [-0.05, 0) is 37.6 Å². The highest BCUT2D eigenvalue weighted by molar-refractivity contribution is 6.03. The van der Waals surface area contributed by atoms with Crippen LogP contribution in [-0.4, -0.2) is 41.6 Å². The van der Waals surface area contributed by atoms with Crippen LogP contribution in [-0.2, 0) is 0 Å². The first-order valence-electron chi connectivity index (χ1n) is 8.38. The molecule has 3 rings (SSSR count). The van der Waals surface area contributed by atoms with Crippen molar-refractivity contribution in [2.24, 2.45) is 0 Å². The monoisotopic (exact) mass is 422 g/mol. The minimum Gasteiger partial charge on any atom is -0.482 e. The molecule has 0 spiro atoms. The number of rotatable bonds is 5. The number of carbonyl (C=O) groups excluding carboxylic acids is 1. The van der Waals surface area contributed by atoms with E-state index in [0.717, 1.165) is 44.1 Å². The lowest BCUT2D eigenvalue weighted by Crippen LogP contribution is -2.32. The van der Waals surface area contributed by atoms with Crippen LogP contribution < -0.4 is 15.4 Å².